The maximum absolute atomic E-state index is 5.81. The molecule has 0 spiro atoms. The first-order valence-corrected chi connectivity index (χ1v) is 9.51. The lowest BCUT2D eigenvalue weighted by molar-refractivity contribution is 0.189. The van der Waals surface area contributed by atoms with Gasteiger partial charge in [0.15, 0.2) is 0 Å². The highest BCUT2D eigenvalue weighted by Gasteiger charge is 2.23. The fraction of sp³-hybridized carbons (Fsp3) is 0.500. The van der Waals surface area contributed by atoms with Crippen molar-refractivity contribution in [2.45, 2.75) is 33.9 Å². The van der Waals surface area contributed by atoms with Crippen molar-refractivity contribution in [2.24, 2.45) is 11.3 Å². The number of benzene rings is 1. The van der Waals surface area contributed by atoms with Crippen LogP contribution in [0.15, 0.2) is 30.3 Å². The molecule has 1 aromatic carbocycles. The highest BCUT2D eigenvalue weighted by Crippen LogP contribution is 2.26. The monoisotopic (exact) mass is 276 g/mol. The van der Waals surface area contributed by atoms with Crippen LogP contribution in [0.2, 0.25) is 13.1 Å². The maximum Gasteiger partial charge on any atom is 0.244 e. The average Bonchev–Trinajstić information content (AvgIpc) is 2.33. The molecular weight excluding hydrogens is 252 g/mol. The molecule has 0 N–H and O–H groups in total. The largest absolute Gasteiger partial charge is 0.505 e. The van der Waals surface area contributed by atoms with Crippen molar-refractivity contribution >= 4 is 9.04 Å². The molecule has 0 aliphatic heterocycles. The van der Waals surface area contributed by atoms with Crippen LogP contribution in [-0.2, 0) is 4.43 Å². The van der Waals surface area contributed by atoms with Gasteiger partial charge in [-0.1, -0.05) is 44.9 Å². The lowest BCUT2D eigenvalue weighted by Crippen LogP contribution is -2.25. The van der Waals surface area contributed by atoms with Gasteiger partial charge in [0, 0.05) is 0 Å². The zero-order valence-electron chi connectivity index (χ0n) is 12.6. The number of rotatable bonds is 4. The van der Waals surface area contributed by atoms with Gasteiger partial charge in [-0.2, -0.15) is 0 Å². The Kier molecular flexibility index (Phi) is 5.97. The molecule has 3 heteroatoms. The zero-order chi connectivity index (χ0) is 14.3. The third-order valence-corrected chi connectivity index (χ3v) is 3.32. The lowest BCUT2D eigenvalue weighted by Gasteiger charge is -2.26. The zero-order valence-corrected chi connectivity index (χ0v) is 13.7. The molecule has 0 aromatic heterocycles. The first-order chi connectivity index (χ1) is 8.89. The standard InChI is InChI=1S/C16H24O2Si/c1-16(2,3)14(11-12-18-19(4)5)13-17-15-9-7-6-8-10-15/h6-10,14,19H,13H2,1-5H3/t14-/m1/s1. The van der Waals surface area contributed by atoms with Crippen LogP contribution in [0.5, 0.6) is 5.75 Å². The van der Waals surface area contributed by atoms with Crippen molar-refractivity contribution in [3.8, 4) is 17.8 Å². The molecule has 19 heavy (non-hydrogen) atoms. The second-order valence-electron chi connectivity index (χ2n) is 5.96. The van der Waals surface area contributed by atoms with Gasteiger partial charge >= 0.3 is 0 Å². The summed E-state index contributed by atoms with van der Waals surface area (Å²) in [6, 6.07) is 9.85. The Balaban J connectivity index is 2.62. The third-order valence-electron chi connectivity index (χ3n) is 2.73. The van der Waals surface area contributed by atoms with Gasteiger partial charge in [-0.15, -0.1) is 0 Å². The Morgan fingerprint density at radius 3 is 2.32 bits per heavy atom. The van der Waals surface area contributed by atoms with Crippen molar-refractivity contribution in [2.75, 3.05) is 6.61 Å². The Hall–Kier alpha value is -1.40. The Morgan fingerprint density at radius 2 is 1.79 bits per heavy atom. The van der Waals surface area contributed by atoms with Crippen molar-refractivity contribution in [3.63, 3.8) is 0 Å². The van der Waals surface area contributed by atoms with Crippen molar-refractivity contribution in [3.05, 3.63) is 30.3 Å². The van der Waals surface area contributed by atoms with E-state index >= 15 is 0 Å². The Bertz CT molecular complexity index is 424. The summed E-state index contributed by atoms with van der Waals surface area (Å²) in [5, 5.41) is 0. The predicted molar refractivity (Wildman–Crippen MR) is 82.6 cm³/mol. The summed E-state index contributed by atoms with van der Waals surface area (Å²) < 4.78 is 11.2. The van der Waals surface area contributed by atoms with Crippen molar-refractivity contribution in [1.82, 2.24) is 0 Å². The van der Waals surface area contributed by atoms with Gasteiger partial charge in [0.2, 0.25) is 9.04 Å². The second-order valence-corrected chi connectivity index (χ2v) is 8.29. The molecule has 104 valence electrons. The summed E-state index contributed by atoms with van der Waals surface area (Å²) in [7, 11) is -1.08. The van der Waals surface area contributed by atoms with E-state index in [1.807, 2.05) is 30.3 Å². The van der Waals surface area contributed by atoms with Crippen LogP contribution in [0.1, 0.15) is 20.8 Å². The first kappa shape index (κ1) is 15.7. The van der Waals surface area contributed by atoms with E-state index in [1.165, 1.54) is 0 Å². The van der Waals surface area contributed by atoms with E-state index in [2.05, 4.69) is 45.9 Å². The van der Waals surface area contributed by atoms with Gasteiger partial charge < -0.3 is 9.16 Å². The summed E-state index contributed by atoms with van der Waals surface area (Å²) >= 11 is 0. The number of para-hydroxylation sites is 1. The minimum absolute atomic E-state index is 0.0731. The van der Waals surface area contributed by atoms with Crippen molar-refractivity contribution in [1.29, 1.82) is 0 Å². The van der Waals surface area contributed by atoms with Gasteiger partial charge in [-0.05, 0) is 30.6 Å². The van der Waals surface area contributed by atoms with Crippen LogP contribution < -0.4 is 4.74 Å². The molecular formula is C16H24O2Si. The molecule has 0 aliphatic carbocycles. The fourth-order valence-electron chi connectivity index (χ4n) is 1.43. The fourth-order valence-corrected chi connectivity index (χ4v) is 1.73. The normalized spacial score (nSPS) is 12.5. The number of ether oxygens (including phenoxy) is 1. The van der Waals surface area contributed by atoms with E-state index in [4.69, 9.17) is 9.16 Å². The number of hydrogen-bond donors (Lipinski definition) is 0. The van der Waals surface area contributed by atoms with Gasteiger partial charge in [0.05, 0.1) is 12.0 Å². The molecule has 0 saturated carbocycles. The second kappa shape index (κ2) is 7.25. The van der Waals surface area contributed by atoms with Crippen molar-refractivity contribution < 1.29 is 9.16 Å². The molecule has 1 atom stereocenters. The molecule has 0 heterocycles. The molecule has 0 amide bonds. The molecule has 2 nitrogen and oxygen atoms in total. The van der Waals surface area contributed by atoms with Crippen LogP contribution in [-0.4, -0.2) is 15.6 Å². The molecule has 0 fully saturated rings. The highest BCUT2D eigenvalue weighted by molar-refractivity contribution is 6.48. The summed E-state index contributed by atoms with van der Waals surface area (Å²) in [4.78, 5) is 0. The van der Waals surface area contributed by atoms with Crippen LogP contribution in [0, 0.1) is 23.4 Å². The Labute approximate surface area is 118 Å². The smallest absolute Gasteiger partial charge is 0.244 e. The van der Waals surface area contributed by atoms with Crippen LogP contribution in [0.4, 0.5) is 0 Å². The first-order valence-electron chi connectivity index (χ1n) is 6.73. The summed E-state index contributed by atoms with van der Waals surface area (Å²) in [6.45, 7) is 11.3. The Morgan fingerprint density at radius 1 is 1.16 bits per heavy atom. The van der Waals surface area contributed by atoms with Crippen LogP contribution in [0.3, 0.4) is 0 Å². The molecule has 1 rings (SSSR count). The predicted octanol–water partition coefficient (Wildman–Crippen LogP) is 3.69. The molecule has 1 aromatic rings. The van der Waals surface area contributed by atoms with E-state index in [9.17, 15) is 0 Å². The maximum atomic E-state index is 5.81. The quantitative estimate of drug-likeness (QED) is 0.617. The third kappa shape index (κ3) is 6.35. The van der Waals surface area contributed by atoms with E-state index in [-0.39, 0.29) is 11.3 Å². The molecule has 0 radical (unpaired) electrons. The van der Waals surface area contributed by atoms with E-state index < -0.39 is 9.04 Å². The van der Waals surface area contributed by atoms with Gasteiger partial charge in [-0.25, -0.2) is 0 Å². The minimum atomic E-state index is -1.08. The number of hydrogen-bond acceptors (Lipinski definition) is 2. The van der Waals surface area contributed by atoms with E-state index in [0.717, 1.165) is 5.75 Å². The van der Waals surface area contributed by atoms with Crippen LogP contribution in [0.25, 0.3) is 0 Å². The van der Waals surface area contributed by atoms with Gasteiger partial charge in [-0.3, -0.25) is 0 Å². The molecule has 0 bridgehead atoms. The minimum Gasteiger partial charge on any atom is -0.505 e. The van der Waals surface area contributed by atoms with E-state index in [0.29, 0.717) is 6.61 Å². The molecule has 0 saturated heterocycles. The van der Waals surface area contributed by atoms with Crippen LogP contribution >= 0.6 is 0 Å². The van der Waals surface area contributed by atoms with Gasteiger partial charge in [0.25, 0.3) is 0 Å². The summed E-state index contributed by atoms with van der Waals surface area (Å²) in [5.41, 5.74) is 0.0731. The average molecular weight is 276 g/mol. The highest BCUT2D eigenvalue weighted by atomic mass is 28.3. The summed E-state index contributed by atoms with van der Waals surface area (Å²) in [5.74, 6) is 4.24. The van der Waals surface area contributed by atoms with Gasteiger partial charge in [0.1, 0.15) is 12.4 Å². The molecule has 0 aliphatic rings. The topological polar surface area (TPSA) is 18.5 Å². The summed E-state index contributed by atoms with van der Waals surface area (Å²) in [6.07, 6.45) is 2.86. The molecule has 0 unspecified atom stereocenters. The lowest BCUT2D eigenvalue weighted by atomic mass is 9.82. The van der Waals surface area contributed by atoms with E-state index in [1.54, 1.807) is 0 Å². The SMILES string of the molecule is C[SiH](C)OC#C[C@H](COc1ccccc1)C(C)(C)C.